The van der Waals surface area contributed by atoms with Gasteiger partial charge in [0, 0.05) is 6.04 Å². The first kappa shape index (κ1) is 15.1. The molecule has 1 saturated carbocycles. The van der Waals surface area contributed by atoms with E-state index in [-0.39, 0.29) is 6.04 Å². The maximum absolute atomic E-state index is 5.81. The van der Waals surface area contributed by atoms with E-state index >= 15 is 0 Å². The molecule has 1 aliphatic rings. The lowest BCUT2D eigenvalue weighted by atomic mass is 9.90. The van der Waals surface area contributed by atoms with Crippen molar-refractivity contribution in [3.05, 3.63) is 23.8 Å². The number of rotatable bonds is 6. The van der Waals surface area contributed by atoms with Gasteiger partial charge in [0.25, 0.3) is 0 Å². The normalized spacial score (nSPS) is 23.6. The summed E-state index contributed by atoms with van der Waals surface area (Å²) in [6.45, 7) is 2.27. The summed E-state index contributed by atoms with van der Waals surface area (Å²) in [5.41, 5.74) is 4.17. The molecular formula is C16H26N2O2. The van der Waals surface area contributed by atoms with Gasteiger partial charge in [-0.15, -0.1) is 0 Å². The smallest absolute Gasteiger partial charge is 0.161 e. The van der Waals surface area contributed by atoms with E-state index in [0.29, 0.717) is 5.92 Å². The fourth-order valence-electron chi connectivity index (χ4n) is 3.34. The predicted molar refractivity (Wildman–Crippen MR) is 80.7 cm³/mol. The molecular weight excluding hydrogens is 252 g/mol. The Hall–Kier alpha value is -1.26. The summed E-state index contributed by atoms with van der Waals surface area (Å²) < 4.78 is 10.7. The molecule has 0 spiro atoms. The van der Waals surface area contributed by atoms with Crippen molar-refractivity contribution in [2.75, 3.05) is 14.2 Å². The lowest BCUT2D eigenvalue weighted by Gasteiger charge is -2.24. The van der Waals surface area contributed by atoms with Gasteiger partial charge in [0.2, 0.25) is 0 Å². The predicted octanol–water partition coefficient (Wildman–Crippen LogP) is 3.03. The fraction of sp³-hybridized carbons (Fsp3) is 0.625. The summed E-state index contributed by atoms with van der Waals surface area (Å²) in [5, 5.41) is 0. The van der Waals surface area contributed by atoms with E-state index in [1.165, 1.54) is 31.2 Å². The van der Waals surface area contributed by atoms with Gasteiger partial charge >= 0.3 is 0 Å². The van der Waals surface area contributed by atoms with Crippen LogP contribution in [-0.4, -0.2) is 14.2 Å². The summed E-state index contributed by atoms with van der Waals surface area (Å²) in [7, 11) is 3.31. The molecule has 20 heavy (non-hydrogen) atoms. The first-order valence-electron chi connectivity index (χ1n) is 7.41. The fourth-order valence-corrected chi connectivity index (χ4v) is 3.34. The topological polar surface area (TPSA) is 56.5 Å². The molecule has 2 rings (SSSR count). The lowest BCUT2D eigenvalue weighted by Crippen LogP contribution is -2.32. The zero-order valence-electron chi connectivity index (χ0n) is 12.7. The maximum Gasteiger partial charge on any atom is 0.161 e. The summed E-state index contributed by atoms with van der Waals surface area (Å²) in [4.78, 5) is 0. The zero-order chi connectivity index (χ0) is 14.5. The van der Waals surface area contributed by atoms with Crippen LogP contribution < -0.4 is 20.7 Å². The first-order chi connectivity index (χ1) is 9.73. The molecule has 0 aromatic heterocycles. The number of benzene rings is 1. The van der Waals surface area contributed by atoms with Crippen molar-refractivity contribution in [2.45, 2.75) is 38.6 Å². The van der Waals surface area contributed by atoms with Gasteiger partial charge in [-0.05, 0) is 42.4 Å². The summed E-state index contributed by atoms with van der Waals surface area (Å²) in [6.07, 6.45) is 5.06. The van der Waals surface area contributed by atoms with Gasteiger partial charge in [-0.3, -0.25) is 11.3 Å². The molecule has 3 atom stereocenters. The Kier molecular flexibility index (Phi) is 5.26. The average molecular weight is 278 g/mol. The van der Waals surface area contributed by atoms with Crippen molar-refractivity contribution in [1.29, 1.82) is 0 Å². The van der Waals surface area contributed by atoms with Gasteiger partial charge < -0.3 is 9.47 Å². The van der Waals surface area contributed by atoms with Gasteiger partial charge in [0.1, 0.15) is 0 Å². The Morgan fingerprint density at radius 3 is 2.55 bits per heavy atom. The highest BCUT2D eigenvalue weighted by Crippen LogP contribution is 2.41. The number of hydrogen-bond donors (Lipinski definition) is 2. The minimum Gasteiger partial charge on any atom is -0.493 e. The third-order valence-electron chi connectivity index (χ3n) is 4.58. The van der Waals surface area contributed by atoms with Crippen LogP contribution >= 0.6 is 0 Å². The van der Waals surface area contributed by atoms with Crippen molar-refractivity contribution in [2.24, 2.45) is 17.7 Å². The molecule has 0 amide bonds. The van der Waals surface area contributed by atoms with Crippen LogP contribution in [0.4, 0.5) is 0 Å². The molecule has 0 heterocycles. The highest BCUT2D eigenvalue weighted by atomic mass is 16.5. The largest absolute Gasteiger partial charge is 0.493 e. The van der Waals surface area contributed by atoms with Gasteiger partial charge in [0.05, 0.1) is 14.2 Å². The van der Waals surface area contributed by atoms with Gasteiger partial charge in [-0.2, -0.15) is 0 Å². The number of ether oxygens (including phenoxy) is 2. The van der Waals surface area contributed by atoms with E-state index in [4.69, 9.17) is 15.3 Å². The van der Waals surface area contributed by atoms with E-state index in [9.17, 15) is 0 Å². The second-order valence-electron chi connectivity index (χ2n) is 5.61. The first-order valence-corrected chi connectivity index (χ1v) is 7.41. The quantitative estimate of drug-likeness (QED) is 0.620. The van der Waals surface area contributed by atoms with Crippen LogP contribution in [0.25, 0.3) is 0 Å². The van der Waals surface area contributed by atoms with E-state index in [2.05, 4.69) is 18.4 Å². The summed E-state index contributed by atoms with van der Waals surface area (Å²) >= 11 is 0. The third kappa shape index (κ3) is 3.07. The van der Waals surface area contributed by atoms with Crippen molar-refractivity contribution in [3.63, 3.8) is 0 Å². The van der Waals surface area contributed by atoms with Crippen LogP contribution in [-0.2, 0) is 0 Å². The Labute approximate surface area is 121 Å². The zero-order valence-corrected chi connectivity index (χ0v) is 12.7. The number of hydrazine groups is 1. The van der Waals surface area contributed by atoms with E-state index < -0.39 is 0 Å². The van der Waals surface area contributed by atoms with Gasteiger partial charge in [-0.1, -0.05) is 25.8 Å². The average Bonchev–Trinajstić information content (AvgIpc) is 2.96. The number of hydrogen-bond acceptors (Lipinski definition) is 4. The number of nitrogens with two attached hydrogens (primary N) is 1. The minimum absolute atomic E-state index is 0.186. The van der Waals surface area contributed by atoms with Crippen LogP contribution in [0.2, 0.25) is 0 Å². The van der Waals surface area contributed by atoms with Crippen LogP contribution in [0.1, 0.15) is 44.2 Å². The molecule has 1 aromatic rings. The Bertz CT molecular complexity index is 436. The molecule has 0 saturated heterocycles. The summed E-state index contributed by atoms with van der Waals surface area (Å²) in [6, 6.07) is 6.24. The van der Waals surface area contributed by atoms with Crippen LogP contribution in [0.3, 0.4) is 0 Å². The molecule has 3 unspecified atom stereocenters. The van der Waals surface area contributed by atoms with Gasteiger partial charge in [0.15, 0.2) is 11.5 Å². The molecule has 112 valence electrons. The molecule has 1 aliphatic carbocycles. The van der Waals surface area contributed by atoms with Gasteiger partial charge in [-0.25, -0.2) is 0 Å². The Balaban J connectivity index is 2.19. The number of methoxy groups -OCH3 is 2. The van der Waals surface area contributed by atoms with Crippen LogP contribution in [0.15, 0.2) is 18.2 Å². The van der Waals surface area contributed by atoms with Crippen molar-refractivity contribution in [3.8, 4) is 11.5 Å². The molecule has 0 radical (unpaired) electrons. The SMILES string of the molecule is CCC1CCC(C(NN)c2ccc(OC)c(OC)c2)C1. The molecule has 3 N–H and O–H groups in total. The van der Waals surface area contributed by atoms with Crippen molar-refractivity contribution in [1.82, 2.24) is 5.43 Å². The lowest BCUT2D eigenvalue weighted by molar-refractivity contribution is 0.343. The monoisotopic (exact) mass is 278 g/mol. The second kappa shape index (κ2) is 6.95. The molecule has 4 heteroatoms. The second-order valence-corrected chi connectivity index (χ2v) is 5.61. The minimum atomic E-state index is 0.186. The van der Waals surface area contributed by atoms with Crippen molar-refractivity contribution >= 4 is 0 Å². The molecule has 1 fully saturated rings. The van der Waals surface area contributed by atoms with Crippen LogP contribution in [0.5, 0.6) is 11.5 Å². The van der Waals surface area contributed by atoms with E-state index in [1.807, 2.05) is 12.1 Å². The standard InChI is InChI=1S/C16H26N2O2/c1-4-11-5-6-12(9-11)16(18-17)13-7-8-14(19-2)15(10-13)20-3/h7-8,10-12,16,18H,4-6,9,17H2,1-3H3. The Morgan fingerprint density at radius 1 is 1.25 bits per heavy atom. The summed E-state index contributed by atoms with van der Waals surface area (Å²) in [5.74, 6) is 8.77. The van der Waals surface area contributed by atoms with E-state index in [1.54, 1.807) is 14.2 Å². The number of nitrogens with one attached hydrogen (secondary N) is 1. The molecule has 0 bridgehead atoms. The molecule has 4 nitrogen and oxygen atoms in total. The maximum atomic E-state index is 5.81. The Morgan fingerprint density at radius 2 is 2.00 bits per heavy atom. The molecule has 0 aliphatic heterocycles. The highest BCUT2D eigenvalue weighted by Gasteiger charge is 2.30. The van der Waals surface area contributed by atoms with Crippen molar-refractivity contribution < 1.29 is 9.47 Å². The van der Waals surface area contributed by atoms with Crippen LogP contribution in [0, 0.1) is 11.8 Å². The highest BCUT2D eigenvalue weighted by molar-refractivity contribution is 5.44. The van der Waals surface area contributed by atoms with E-state index in [0.717, 1.165) is 17.4 Å². The molecule has 1 aromatic carbocycles. The third-order valence-corrected chi connectivity index (χ3v) is 4.58.